The highest BCUT2D eigenvalue weighted by atomic mass is 35.5. The number of rotatable bonds is 4. The van der Waals surface area contributed by atoms with Crippen molar-refractivity contribution in [3.63, 3.8) is 0 Å². The van der Waals surface area contributed by atoms with Crippen LogP contribution in [-0.4, -0.2) is 37.6 Å². The predicted octanol–water partition coefficient (Wildman–Crippen LogP) is 4.83. The van der Waals surface area contributed by atoms with Gasteiger partial charge in [0.25, 0.3) is 5.91 Å². The minimum Gasteiger partial charge on any atom is -0.337 e. The molecule has 4 rings (SSSR count). The minimum atomic E-state index is -3.53. The predicted molar refractivity (Wildman–Crippen MR) is 115 cm³/mol. The van der Waals surface area contributed by atoms with Crippen molar-refractivity contribution in [1.82, 2.24) is 4.90 Å². The maximum Gasteiger partial charge on any atom is 0.253 e. The molecular weight excluding hydrogens is 425 g/mol. The molecular formula is C23H19ClFNO3S. The lowest BCUT2D eigenvalue weighted by atomic mass is 10.0. The van der Waals surface area contributed by atoms with Crippen molar-refractivity contribution < 1.29 is 17.6 Å². The Labute approximate surface area is 179 Å². The summed E-state index contributed by atoms with van der Waals surface area (Å²) in [5.41, 5.74) is 2.22. The van der Waals surface area contributed by atoms with Crippen LogP contribution < -0.4 is 0 Å². The van der Waals surface area contributed by atoms with E-state index in [0.29, 0.717) is 23.6 Å². The molecule has 1 unspecified atom stereocenters. The van der Waals surface area contributed by atoms with E-state index in [1.54, 1.807) is 53.4 Å². The topological polar surface area (TPSA) is 54.5 Å². The number of sulfone groups is 1. The van der Waals surface area contributed by atoms with E-state index in [4.69, 9.17) is 11.6 Å². The Morgan fingerprint density at radius 1 is 0.900 bits per heavy atom. The number of halogens is 2. The van der Waals surface area contributed by atoms with Crippen LogP contribution in [-0.2, 0) is 9.84 Å². The normalized spacial score (nSPS) is 16.6. The Morgan fingerprint density at radius 2 is 1.47 bits per heavy atom. The highest BCUT2D eigenvalue weighted by molar-refractivity contribution is 7.92. The summed E-state index contributed by atoms with van der Waals surface area (Å²) in [5.74, 6) is -0.503. The number of hydrogen-bond acceptors (Lipinski definition) is 3. The number of benzene rings is 3. The molecule has 154 valence electrons. The number of likely N-dealkylation sites (tertiary alicyclic amines) is 1. The lowest BCUT2D eigenvalue weighted by Gasteiger charge is -2.17. The second-order valence-corrected chi connectivity index (χ2v) is 9.91. The molecule has 0 aromatic heterocycles. The van der Waals surface area contributed by atoms with E-state index in [9.17, 15) is 17.6 Å². The van der Waals surface area contributed by atoms with Crippen molar-refractivity contribution in [2.24, 2.45) is 0 Å². The van der Waals surface area contributed by atoms with Gasteiger partial charge < -0.3 is 4.90 Å². The first-order valence-electron chi connectivity index (χ1n) is 9.49. The van der Waals surface area contributed by atoms with Gasteiger partial charge in [0.2, 0.25) is 0 Å². The summed E-state index contributed by atoms with van der Waals surface area (Å²) in [4.78, 5) is 14.6. The Bertz CT molecular complexity index is 1160. The third-order valence-electron chi connectivity index (χ3n) is 5.32. The molecule has 0 radical (unpaired) electrons. The molecule has 4 nitrogen and oxygen atoms in total. The summed E-state index contributed by atoms with van der Waals surface area (Å²) in [5, 5.41) is -0.164. The van der Waals surface area contributed by atoms with Gasteiger partial charge in [0.05, 0.1) is 10.1 Å². The summed E-state index contributed by atoms with van der Waals surface area (Å²) in [6.07, 6.45) is 0.393. The van der Waals surface area contributed by atoms with Gasteiger partial charge in [-0.3, -0.25) is 4.79 Å². The standard InChI is InChI=1S/C23H19ClFNO3S/c24-19-7-11-21(12-8-19)30(28,29)22-13-14-26(15-22)23(27)18-3-1-16(2-4-18)17-5-9-20(25)10-6-17/h1-12,22H,13-15H2. The highest BCUT2D eigenvalue weighted by Crippen LogP contribution is 2.27. The van der Waals surface area contributed by atoms with Crippen LogP contribution in [0.5, 0.6) is 0 Å². The molecule has 30 heavy (non-hydrogen) atoms. The smallest absolute Gasteiger partial charge is 0.253 e. The van der Waals surface area contributed by atoms with E-state index < -0.39 is 15.1 Å². The summed E-state index contributed by atoms with van der Waals surface area (Å²) < 4.78 is 38.8. The molecule has 1 aliphatic rings. The zero-order chi connectivity index (χ0) is 21.3. The van der Waals surface area contributed by atoms with E-state index in [2.05, 4.69) is 0 Å². The van der Waals surface area contributed by atoms with E-state index in [-0.39, 0.29) is 23.2 Å². The average Bonchev–Trinajstić information content (AvgIpc) is 3.25. The van der Waals surface area contributed by atoms with Gasteiger partial charge >= 0.3 is 0 Å². The van der Waals surface area contributed by atoms with Crippen molar-refractivity contribution in [3.8, 4) is 11.1 Å². The number of hydrogen-bond donors (Lipinski definition) is 0. The Kier molecular flexibility index (Phi) is 5.62. The van der Waals surface area contributed by atoms with E-state index in [0.717, 1.165) is 11.1 Å². The second-order valence-electron chi connectivity index (χ2n) is 7.25. The van der Waals surface area contributed by atoms with Crippen molar-refractivity contribution in [2.45, 2.75) is 16.6 Å². The largest absolute Gasteiger partial charge is 0.337 e. The number of carbonyl (C=O) groups is 1. The molecule has 0 N–H and O–H groups in total. The zero-order valence-electron chi connectivity index (χ0n) is 16.0. The first-order chi connectivity index (χ1) is 14.3. The molecule has 1 aliphatic heterocycles. The molecule has 1 amide bonds. The van der Waals surface area contributed by atoms with Gasteiger partial charge in [-0.15, -0.1) is 0 Å². The van der Waals surface area contributed by atoms with Crippen molar-refractivity contribution in [1.29, 1.82) is 0 Å². The SMILES string of the molecule is O=C(c1ccc(-c2ccc(F)cc2)cc1)N1CCC(S(=O)(=O)c2ccc(Cl)cc2)C1. The van der Waals surface area contributed by atoms with Crippen LogP contribution in [0.1, 0.15) is 16.8 Å². The van der Waals surface area contributed by atoms with Gasteiger partial charge in [-0.25, -0.2) is 12.8 Å². The molecule has 1 heterocycles. The Morgan fingerprint density at radius 3 is 2.07 bits per heavy atom. The summed E-state index contributed by atoms with van der Waals surface area (Å²) in [6.45, 7) is 0.541. The maximum absolute atomic E-state index is 13.1. The van der Waals surface area contributed by atoms with Crippen LogP contribution in [0.4, 0.5) is 4.39 Å². The van der Waals surface area contributed by atoms with E-state index >= 15 is 0 Å². The molecule has 0 spiro atoms. The number of amides is 1. The molecule has 0 aliphatic carbocycles. The summed E-state index contributed by atoms with van der Waals surface area (Å²) in [6, 6.07) is 19.3. The van der Waals surface area contributed by atoms with Gasteiger partial charge in [0.15, 0.2) is 9.84 Å². The average molecular weight is 444 g/mol. The van der Waals surface area contributed by atoms with Crippen molar-refractivity contribution in [2.75, 3.05) is 13.1 Å². The van der Waals surface area contributed by atoms with Crippen LogP contribution in [0.3, 0.4) is 0 Å². The molecule has 7 heteroatoms. The monoisotopic (exact) mass is 443 g/mol. The van der Waals surface area contributed by atoms with Crippen LogP contribution in [0.15, 0.2) is 77.7 Å². The molecule has 1 saturated heterocycles. The van der Waals surface area contributed by atoms with E-state index in [1.807, 2.05) is 0 Å². The fourth-order valence-electron chi connectivity index (χ4n) is 3.61. The third kappa shape index (κ3) is 4.11. The first-order valence-corrected chi connectivity index (χ1v) is 11.4. The molecule has 3 aromatic rings. The van der Waals surface area contributed by atoms with Gasteiger partial charge in [-0.2, -0.15) is 0 Å². The molecule has 3 aromatic carbocycles. The van der Waals surface area contributed by atoms with Crippen molar-refractivity contribution >= 4 is 27.3 Å². The van der Waals surface area contributed by atoms with Gasteiger partial charge in [0.1, 0.15) is 5.82 Å². The number of nitrogens with zero attached hydrogens (tertiary/aromatic N) is 1. The van der Waals surface area contributed by atoms with E-state index in [1.165, 1.54) is 24.3 Å². The molecule has 1 atom stereocenters. The lowest BCUT2D eigenvalue weighted by Crippen LogP contribution is -2.31. The van der Waals surface area contributed by atoms with Crippen LogP contribution in [0.25, 0.3) is 11.1 Å². The van der Waals surface area contributed by atoms with Crippen LogP contribution in [0, 0.1) is 5.82 Å². The summed E-state index contributed by atoms with van der Waals surface area (Å²) >= 11 is 5.85. The Balaban J connectivity index is 1.47. The first kappa shape index (κ1) is 20.6. The molecule has 0 bridgehead atoms. The lowest BCUT2D eigenvalue weighted by molar-refractivity contribution is 0.0793. The minimum absolute atomic E-state index is 0.156. The maximum atomic E-state index is 13.1. The quantitative estimate of drug-likeness (QED) is 0.580. The second kappa shape index (κ2) is 8.20. The highest BCUT2D eigenvalue weighted by Gasteiger charge is 2.36. The van der Waals surface area contributed by atoms with Gasteiger partial charge in [0, 0.05) is 23.7 Å². The zero-order valence-corrected chi connectivity index (χ0v) is 17.5. The van der Waals surface area contributed by atoms with Gasteiger partial charge in [-0.1, -0.05) is 35.9 Å². The Hall–Kier alpha value is -2.70. The molecule has 0 saturated carbocycles. The van der Waals surface area contributed by atoms with Gasteiger partial charge in [-0.05, 0) is 66.1 Å². The van der Waals surface area contributed by atoms with Crippen LogP contribution >= 0.6 is 11.6 Å². The number of carbonyl (C=O) groups excluding carboxylic acids is 1. The van der Waals surface area contributed by atoms with Crippen LogP contribution in [0.2, 0.25) is 5.02 Å². The van der Waals surface area contributed by atoms with Crippen molar-refractivity contribution in [3.05, 3.63) is 89.2 Å². The fraction of sp³-hybridized carbons (Fsp3) is 0.174. The fourth-order valence-corrected chi connectivity index (χ4v) is 5.43. The third-order valence-corrected chi connectivity index (χ3v) is 7.77. The molecule has 1 fully saturated rings. The summed E-state index contributed by atoms with van der Waals surface area (Å²) in [7, 11) is -3.53.